The molecule has 0 bridgehead atoms. The summed E-state index contributed by atoms with van der Waals surface area (Å²) in [5, 5.41) is 4.00. The van der Waals surface area contributed by atoms with Gasteiger partial charge in [-0.3, -0.25) is 9.48 Å². The Balaban J connectivity index is 2.04. The fourth-order valence-corrected chi connectivity index (χ4v) is 2.89. The lowest BCUT2D eigenvalue weighted by molar-refractivity contribution is -0.143. The van der Waals surface area contributed by atoms with E-state index in [2.05, 4.69) is 15.1 Å². The lowest BCUT2D eigenvalue weighted by Gasteiger charge is -2.20. The molecular formula is C18H14F6N4O. The van der Waals surface area contributed by atoms with Gasteiger partial charge in [-0.1, -0.05) is 6.07 Å². The van der Waals surface area contributed by atoms with E-state index in [1.54, 1.807) is 6.92 Å². The van der Waals surface area contributed by atoms with Crippen LogP contribution in [0.1, 0.15) is 35.5 Å². The average Bonchev–Trinajstić information content (AvgIpc) is 3.08. The first-order valence-electron chi connectivity index (χ1n) is 8.27. The first-order chi connectivity index (χ1) is 13.4. The van der Waals surface area contributed by atoms with Gasteiger partial charge in [0.25, 0.3) is 5.56 Å². The van der Waals surface area contributed by atoms with Crippen LogP contribution in [0.15, 0.2) is 41.5 Å². The van der Waals surface area contributed by atoms with E-state index in [0.29, 0.717) is 17.5 Å². The van der Waals surface area contributed by atoms with Gasteiger partial charge in [0.15, 0.2) is 0 Å². The Kier molecular flexibility index (Phi) is 5.01. The van der Waals surface area contributed by atoms with E-state index in [4.69, 9.17) is 0 Å². The zero-order chi connectivity index (χ0) is 21.6. The number of H-pyrrole nitrogens is 1. The maximum Gasteiger partial charge on any atom is 0.416 e. The third-order valence-corrected chi connectivity index (χ3v) is 4.29. The van der Waals surface area contributed by atoms with Gasteiger partial charge < -0.3 is 4.98 Å². The Morgan fingerprint density at radius 3 is 2.34 bits per heavy atom. The summed E-state index contributed by atoms with van der Waals surface area (Å²) in [5.74, 6) is 0.343. The van der Waals surface area contributed by atoms with Gasteiger partial charge in [0.1, 0.15) is 5.82 Å². The lowest BCUT2D eigenvalue weighted by atomic mass is 9.98. The molecule has 11 heteroatoms. The van der Waals surface area contributed by atoms with Gasteiger partial charge in [-0.2, -0.15) is 31.4 Å². The van der Waals surface area contributed by atoms with E-state index in [-0.39, 0.29) is 17.3 Å². The Labute approximate surface area is 160 Å². The van der Waals surface area contributed by atoms with Crippen LogP contribution in [0.4, 0.5) is 26.3 Å². The van der Waals surface area contributed by atoms with Crippen molar-refractivity contribution in [2.24, 2.45) is 0 Å². The summed E-state index contributed by atoms with van der Waals surface area (Å²) in [6.07, 6.45) is -7.18. The Morgan fingerprint density at radius 1 is 1.07 bits per heavy atom. The van der Waals surface area contributed by atoms with Crippen molar-refractivity contribution in [2.45, 2.75) is 32.2 Å². The Bertz CT molecular complexity index is 1100. The van der Waals surface area contributed by atoms with Crippen molar-refractivity contribution in [2.75, 3.05) is 0 Å². The third-order valence-electron chi connectivity index (χ3n) is 4.29. The van der Waals surface area contributed by atoms with Gasteiger partial charge in [0.2, 0.25) is 0 Å². The number of hydrogen-bond acceptors (Lipinski definition) is 3. The van der Waals surface area contributed by atoms with Crippen molar-refractivity contribution in [3.8, 4) is 11.3 Å². The minimum atomic E-state index is -4.98. The highest BCUT2D eigenvalue weighted by Gasteiger charge is 2.39. The summed E-state index contributed by atoms with van der Waals surface area (Å²) < 4.78 is 79.9. The minimum Gasteiger partial charge on any atom is -0.311 e. The van der Waals surface area contributed by atoms with Gasteiger partial charge in [0, 0.05) is 17.8 Å². The van der Waals surface area contributed by atoms with Gasteiger partial charge in [-0.25, -0.2) is 4.98 Å². The van der Waals surface area contributed by atoms with Crippen molar-refractivity contribution in [3.05, 3.63) is 69.5 Å². The van der Waals surface area contributed by atoms with E-state index in [0.717, 1.165) is 6.07 Å². The molecule has 29 heavy (non-hydrogen) atoms. The van der Waals surface area contributed by atoms with Gasteiger partial charge >= 0.3 is 12.4 Å². The quantitative estimate of drug-likeness (QED) is 0.636. The van der Waals surface area contributed by atoms with E-state index in [1.807, 2.05) is 0 Å². The maximum atomic E-state index is 13.4. The second kappa shape index (κ2) is 7.05. The molecule has 1 unspecified atom stereocenters. The Morgan fingerprint density at radius 2 is 1.76 bits per heavy atom. The molecule has 0 saturated carbocycles. The number of alkyl halides is 6. The summed E-state index contributed by atoms with van der Waals surface area (Å²) >= 11 is 0. The van der Waals surface area contributed by atoms with Gasteiger partial charge in [-0.15, -0.1) is 0 Å². The van der Waals surface area contributed by atoms with Crippen LogP contribution in [0.3, 0.4) is 0 Å². The molecule has 154 valence electrons. The van der Waals surface area contributed by atoms with E-state index < -0.39 is 35.1 Å². The number of nitrogens with zero attached hydrogens (tertiary/aromatic N) is 3. The predicted molar refractivity (Wildman–Crippen MR) is 91.1 cm³/mol. The van der Waals surface area contributed by atoms with Crippen LogP contribution in [0.25, 0.3) is 11.3 Å². The van der Waals surface area contributed by atoms with E-state index >= 15 is 0 Å². The fraction of sp³-hybridized carbons (Fsp3) is 0.278. The molecule has 2 heterocycles. The standard InChI is InChI=1S/C18H14F6N4O/c1-9(13-4-3-12(17(19,20)21)5-14(13)18(22,23)24)28-8-11(7-25-28)15-6-16(29)27-10(2)26-15/h3-9H,1-2H3,(H,26,27,29). The highest BCUT2D eigenvalue weighted by molar-refractivity contribution is 5.56. The number of hydrogen-bond donors (Lipinski definition) is 1. The number of benzene rings is 1. The first-order valence-corrected chi connectivity index (χ1v) is 8.27. The second-order valence-electron chi connectivity index (χ2n) is 6.40. The minimum absolute atomic E-state index is 0.0951. The maximum absolute atomic E-state index is 13.4. The predicted octanol–water partition coefficient (Wildman–Crippen LogP) is 4.59. The molecule has 1 atom stereocenters. The molecule has 0 radical (unpaired) electrons. The highest BCUT2D eigenvalue weighted by atomic mass is 19.4. The SMILES string of the molecule is Cc1nc(-c2cnn(C(C)c3ccc(C(F)(F)F)cc3C(F)(F)F)c2)cc(=O)[nH]1. The summed E-state index contributed by atoms with van der Waals surface area (Å²) in [7, 11) is 0. The molecular weight excluding hydrogens is 402 g/mol. The van der Waals surface area contributed by atoms with Crippen molar-refractivity contribution in [1.82, 2.24) is 19.7 Å². The molecule has 0 saturated heterocycles. The van der Waals surface area contributed by atoms with Crippen molar-refractivity contribution in [1.29, 1.82) is 0 Å². The number of aromatic amines is 1. The molecule has 0 spiro atoms. The molecule has 0 aliphatic carbocycles. The van der Waals surface area contributed by atoms with Crippen LogP contribution in [-0.4, -0.2) is 19.7 Å². The van der Waals surface area contributed by atoms with Crippen molar-refractivity contribution >= 4 is 0 Å². The van der Waals surface area contributed by atoms with E-state index in [1.165, 1.54) is 30.1 Å². The number of aryl methyl sites for hydroxylation is 1. The highest BCUT2D eigenvalue weighted by Crippen LogP contribution is 2.39. The number of rotatable bonds is 3. The molecule has 1 N–H and O–H groups in total. The van der Waals surface area contributed by atoms with Crippen molar-refractivity contribution in [3.63, 3.8) is 0 Å². The van der Waals surface area contributed by atoms with Crippen LogP contribution < -0.4 is 5.56 Å². The number of halogens is 6. The van der Waals surface area contributed by atoms with Crippen LogP contribution in [0.5, 0.6) is 0 Å². The first kappa shape index (κ1) is 20.6. The molecule has 5 nitrogen and oxygen atoms in total. The fourth-order valence-electron chi connectivity index (χ4n) is 2.89. The summed E-state index contributed by atoms with van der Waals surface area (Å²) in [6.45, 7) is 2.95. The molecule has 0 aliphatic heterocycles. The van der Waals surface area contributed by atoms with Crippen molar-refractivity contribution < 1.29 is 26.3 Å². The average molecular weight is 416 g/mol. The topological polar surface area (TPSA) is 63.6 Å². The number of nitrogens with one attached hydrogen (secondary N) is 1. The second-order valence-corrected chi connectivity index (χ2v) is 6.40. The third kappa shape index (κ3) is 4.33. The summed E-state index contributed by atoms with van der Waals surface area (Å²) in [6, 6.07) is 1.68. The van der Waals surface area contributed by atoms with E-state index in [9.17, 15) is 31.1 Å². The molecule has 0 fully saturated rings. The largest absolute Gasteiger partial charge is 0.416 e. The van der Waals surface area contributed by atoms with Crippen LogP contribution in [0, 0.1) is 6.92 Å². The number of aromatic nitrogens is 4. The molecule has 3 rings (SSSR count). The normalized spacial score (nSPS) is 13.5. The molecule has 0 amide bonds. The van der Waals surface area contributed by atoms with Crippen LogP contribution >= 0.6 is 0 Å². The molecule has 0 aliphatic rings. The summed E-state index contributed by atoms with van der Waals surface area (Å²) in [4.78, 5) is 18.2. The zero-order valence-electron chi connectivity index (χ0n) is 15.1. The van der Waals surface area contributed by atoms with Gasteiger partial charge in [0.05, 0.1) is 29.1 Å². The molecule has 3 aromatic rings. The lowest BCUT2D eigenvalue weighted by Crippen LogP contribution is -2.17. The zero-order valence-corrected chi connectivity index (χ0v) is 15.1. The molecule has 2 aromatic heterocycles. The Hall–Kier alpha value is -3.11. The monoisotopic (exact) mass is 416 g/mol. The van der Waals surface area contributed by atoms with Crippen LogP contribution in [-0.2, 0) is 12.4 Å². The van der Waals surface area contributed by atoms with Gasteiger partial charge in [-0.05, 0) is 31.5 Å². The van der Waals surface area contributed by atoms with Crippen LogP contribution in [0.2, 0.25) is 0 Å². The summed E-state index contributed by atoms with van der Waals surface area (Å²) in [5.41, 5.74) is -2.89. The molecule has 1 aromatic carbocycles. The smallest absolute Gasteiger partial charge is 0.311 e.